The molecule has 0 atom stereocenters. The number of carbonyl (C=O) groups excluding carboxylic acids is 2. The third-order valence-electron chi connectivity index (χ3n) is 4.56. The van der Waals surface area contributed by atoms with Crippen molar-refractivity contribution >= 4 is 23.2 Å². The average molecular weight is 399 g/mol. The van der Waals surface area contributed by atoms with Crippen LogP contribution in [0.5, 0.6) is 11.5 Å². The number of anilines is 2. The monoisotopic (exact) mass is 399 g/mol. The largest absolute Gasteiger partial charge is 0.497 e. The SMILES string of the molecule is COc1ccc(NC(=O)CNc2cc(C(=O)N3CCOCC3)ccc2OC)cc1. The summed E-state index contributed by atoms with van der Waals surface area (Å²) in [6, 6.07) is 12.2. The summed E-state index contributed by atoms with van der Waals surface area (Å²) < 4.78 is 15.7. The lowest BCUT2D eigenvalue weighted by Crippen LogP contribution is -2.40. The third kappa shape index (κ3) is 5.39. The summed E-state index contributed by atoms with van der Waals surface area (Å²) in [5, 5.41) is 5.85. The van der Waals surface area contributed by atoms with E-state index in [1.54, 1.807) is 61.6 Å². The first-order chi connectivity index (χ1) is 14.1. The van der Waals surface area contributed by atoms with Crippen molar-refractivity contribution in [1.29, 1.82) is 0 Å². The molecule has 8 nitrogen and oxygen atoms in total. The van der Waals surface area contributed by atoms with Crippen molar-refractivity contribution in [2.75, 3.05) is 57.7 Å². The summed E-state index contributed by atoms with van der Waals surface area (Å²) >= 11 is 0. The number of methoxy groups -OCH3 is 2. The standard InChI is InChI=1S/C21H25N3O5/c1-27-17-6-4-16(5-7-17)23-20(25)14-22-18-13-15(3-8-19(18)28-2)21(26)24-9-11-29-12-10-24/h3-8,13,22H,9-12,14H2,1-2H3,(H,23,25). The molecule has 2 aromatic rings. The highest BCUT2D eigenvalue weighted by Gasteiger charge is 2.19. The number of carbonyl (C=O) groups is 2. The zero-order valence-corrected chi connectivity index (χ0v) is 16.6. The van der Waals surface area contributed by atoms with Crippen LogP contribution in [0.1, 0.15) is 10.4 Å². The van der Waals surface area contributed by atoms with Gasteiger partial charge in [0.15, 0.2) is 0 Å². The Bertz CT molecular complexity index is 848. The molecule has 1 aliphatic rings. The Labute approximate surface area is 169 Å². The van der Waals surface area contributed by atoms with Crippen LogP contribution in [-0.4, -0.2) is 63.8 Å². The molecular weight excluding hydrogens is 374 g/mol. The van der Waals surface area contributed by atoms with E-state index in [2.05, 4.69) is 10.6 Å². The number of morpholine rings is 1. The van der Waals surface area contributed by atoms with Crippen LogP contribution >= 0.6 is 0 Å². The predicted octanol–water partition coefficient (Wildman–Crippen LogP) is 2.23. The maximum Gasteiger partial charge on any atom is 0.254 e. The van der Waals surface area contributed by atoms with Crippen LogP contribution in [0.25, 0.3) is 0 Å². The first kappa shape index (κ1) is 20.5. The lowest BCUT2D eigenvalue weighted by molar-refractivity contribution is -0.114. The number of hydrogen-bond donors (Lipinski definition) is 2. The summed E-state index contributed by atoms with van der Waals surface area (Å²) in [6.07, 6.45) is 0. The number of rotatable bonds is 7. The van der Waals surface area contributed by atoms with Gasteiger partial charge in [-0.1, -0.05) is 0 Å². The van der Waals surface area contributed by atoms with Crippen molar-refractivity contribution < 1.29 is 23.8 Å². The molecule has 0 bridgehead atoms. The molecule has 2 aromatic carbocycles. The van der Waals surface area contributed by atoms with Crippen molar-refractivity contribution in [2.45, 2.75) is 0 Å². The molecule has 1 saturated heterocycles. The molecular formula is C21H25N3O5. The normalized spacial score (nSPS) is 13.5. The first-order valence-electron chi connectivity index (χ1n) is 9.33. The van der Waals surface area contributed by atoms with Gasteiger partial charge in [0.25, 0.3) is 5.91 Å². The molecule has 0 radical (unpaired) electrons. The van der Waals surface area contributed by atoms with Gasteiger partial charge in [-0.2, -0.15) is 0 Å². The highest BCUT2D eigenvalue weighted by molar-refractivity contribution is 5.97. The van der Waals surface area contributed by atoms with Gasteiger partial charge in [0, 0.05) is 24.3 Å². The van der Waals surface area contributed by atoms with Crippen LogP contribution in [0, 0.1) is 0 Å². The van der Waals surface area contributed by atoms with Crippen LogP contribution in [0.4, 0.5) is 11.4 Å². The quantitative estimate of drug-likeness (QED) is 0.742. The lowest BCUT2D eigenvalue weighted by Gasteiger charge is -2.27. The van der Waals surface area contributed by atoms with Crippen LogP contribution in [0.15, 0.2) is 42.5 Å². The molecule has 0 saturated carbocycles. The van der Waals surface area contributed by atoms with Crippen molar-refractivity contribution in [1.82, 2.24) is 4.90 Å². The van der Waals surface area contributed by atoms with Gasteiger partial charge in [-0.3, -0.25) is 9.59 Å². The number of benzene rings is 2. The average Bonchev–Trinajstić information content (AvgIpc) is 2.78. The molecule has 29 heavy (non-hydrogen) atoms. The third-order valence-corrected chi connectivity index (χ3v) is 4.56. The second-order valence-electron chi connectivity index (χ2n) is 6.45. The van der Waals surface area contributed by atoms with E-state index in [9.17, 15) is 9.59 Å². The molecule has 0 unspecified atom stereocenters. The Kier molecular flexibility index (Phi) is 6.91. The summed E-state index contributed by atoms with van der Waals surface area (Å²) in [6.45, 7) is 2.24. The number of hydrogen-bond acceptors (Lipinski definition) is 6. The molecule has 1 aliphatic heterocycles. The van der Waals surface area contributed by atoms with Crippen LogP contribution < -0.4 is 20.1 Å². The topological polar surface area (TPSA) is 89.1 Å². The van der Waals surface area contributed by atoms with E-state index in [1.165, 1.54) is 0 Å². The van der Waals surface area contributed by atoms with Gasteiger partial charge >= 0.3 is 0 Å². The number of nitrogens with zero attached hydrogens (tertiary/aromatic N) is 1. The van der Waals surface area contributed by atoms with E-state index >= 15 is 0 Å². The summed E-state index contributed by atoms with van der Waals surface area (Å²) in [4.78, 5) is 26.7. The molecule has 3 rings (SSSR count). The molecule has 8 heteroatoms. The molecule has 0 aliphatic carbocycles. The lowest BCUT2D eigenvalue weighted by atomic mass is 10.1. The maximum atomic E-state index is 12.7. The number of ether oxygens (including phenoxy) is 3. The van der Waals surface area contributed by atoms with Gasteiger partial charge in [0.05, 0.1) is 39.7 Å². The second kappa shape index (κ2) is 9.79. The highest BCUT2D eigenvalue weighted by Crippen LogP contribution is 2.26. The van der Waals surface area contributed by atoms with Crippen molar-refractivity contribution in [3.63, 3.8) is 0 Å². The minimum absolute atomic E-state index is 0.0254. The van der Waals surface area contributed by atoms with E-state index in [-0.39, 0.29) is 18.4 Å². The summed E-state index contributed by atoms with van der Waals surface area (Å²) in [7, 11) is 3.13. The minimum atomic E-state index is -0.220. The van der Waals surface area contributed by atoms with Crippen LogP contribution in [-0.2, 0) is 9.53 Å². The number of amides is 2. The Balaban J connectivity index is 1.63. The fraction of sp³-hybridized carbons (Fsp3) is 0.333. The van der Waals surface area contributed by atoms with E-state index < -0.39 is 0 Å². The Morgan fingerprint density at radius 1 is 1.03 bits per heavy atom. The summed E-state index contributed by atoms with van der Waals surface area (Å²) in [5.74, 6) is 0.984. The molecule has 2 N–H and O–H groups in total. The first-order valence-corrected chi connectivity index (χ1v) is 9.33. The van der Waals surface area contributed by atoms with Gasteiger partial charge in [-0.05, 0) is 42.5 Å². The molecule has 154 valence electrons. The minimum Gasteiger partial charge on any atom is -0.497 e. The smallest absolute Gasteiger partial charge is 0.254 e. The molecule has 1 heterocycles. The number of nitrogens with one attached hydrogen (secondary N) is 2. The molecule has 0 aromatic heterocycles. The Morgan fingerprint density at radius 3 is 2.41 bits per heavy atom. The van der Waals surface area contributed by atoms with E-state index in [4.69, 9.17) is 14.2 Å². The zero-order chi connectivity index (χ0) is 20.6. The summed E-state index contributed by atoms with van der Waals surface area (Å²) in [5.41, 5.74) is 1.78. The van der Waals surface area contributed by atoms with E-state index in [0.29, 0.717) is 54.7 Å². The highest BCUT2D eigenvalue weighted by atomic mass is 16.5. The van der Waals surface area contributed by atoms with E-state index in [1.807, 2.05) is 0 Å². The Hall–Kier alpha value is -3.26. The van der Waals surface area contributed by atoms with Crippen LogP contribution in [0.3, 0.4) is 0 Å². The predicted molar refractivity (Wildman–Crippen MR) is 110 cm³/mol. The van der Waals surface area contributed by atoms with Gasteiger partial charge < -0.3 is 29.7 Å². The fourth-order valence-corrected chi connectivity index (χ4v) is 2.98. The van der Waals surface area contributed by atoms with Gasteiger partial charge in [-0.25, -0.2) is 0 Å². The fourth-order valence-electron chi connectivity index (χ4n) is 2.98. The van der Waals surface area contributed by atoms with Crippen LogP contribution in [0.2, 0.25) is 0 Å². The Morgan fingerprint density at radius 2 is 1.76 bits per heavy atom. The van der Waals surface area contributed by atoms with Crippen molar-refractivity contribution in [2.24, 2.45) is 0 Å². The molecule has 1 fully saturated rings. The van der Waals surface area contributed by atoms with E-state index in [0.717, 1.165) is 0 Å². The second-order valence-corrected chi connectivity index (χ2v) is 6.45. The van der Waals surface area contributed by atoms with Gasteiger partial charge in [0.2, 0.25) is 5.91 Å². The van der Waals surface area contributed by atoms with Gasteiger partial charge in [-0.15, -0.1) is 0 Å². The molecule has 0 spiro atoms. The van der Waals surface area contributed by atoms with Crippen molar-refractivity contribution in [3.8, 4) is 11.5 Å². The zero-order valence-electron chi connectivity index (χ0n) is 16.6. The maximum absolute atomic E-state index is 12.7. The molecule has 2 amide bonds. The van der Waals surface area contributed by atoms with Gasteiger partial charge in [0.1, 0.15) is 11.5 Å². The van der Waals surface area contributed by atoms with Crippen molar-refractivity contribution in [3.05, 3.63) is 48.0 Å².